The Bertz CT molecular complexity index is 557. The third-order valence-corrected chi connectivity index (χ3v) is 5.74. The number of carbonyl (C=O) groups is 1. The van der Waals surface area contributed by atoms with Crippen LogP contribution in [-0.2, 0) is 4.79 Å². The summed E-state index contributed by atoms with van der Waals surface area (Å²) in [6.45, 7) is 12.9. The van der Waals surface area contributed by atoms with Crippen LogP contribution in [0.25, 0.3) is 0 Å². The summed E-state index contributed by atoms with van der Waals surface area (Å²) >= 11 is 5.41. The molecule has 0 atom stereocenters. The molecule has 0 bridgehead atoms. The summed E-state index contributed by atoms with van der Waals surface area (Å²) in [7, 11) is 0. The van der Waals surface area contributed by atoms with Crippen molar-refractivity contribution in [2.45, 2.75) is 53.4 Å². The molecule has 0 aromatic rings. The van der Waals surface area contributed by atoms with Crippen molar-refractivity contribution in [2.24, 2.45) is 5.41 Å². The molecule has 0 saturated carbocycles. The molecule has 1 aliphatic heterocycles. The first-order valence-electron chi connectivity index (χ1n) is 9.55. The lowest BCUT2D eigenvalue weighted by molar-refractivity contribution is -0.127. The first kappa shape index (κ1) is 20.0. The number of amides is 1. The van der Waals surface area contributed by atoms with Crippen LogP contribution in [0.15, 0.2) is 23.3 Å². The average Bonchev–Trinajstić information content (AvgIpc) is 2.58. The van der Waals surface area contributed by atoms with Crippen molar-refractivity contribution in [2.75, 3.05) is 32.7 Å². The topological polar surface area (TPSA) is 35.6 Å². The SMILES string of the molecule is CCCNC(=S)N1CCN(C(=O)C=CC2=C(C)CCCC2(C)C)CC1. The van der Waals surface area contributed by atoms with Gasteiger partial charge in [0.05, 0.1) is 0 Å². The predicted molar refractivity (Wildman–Crippen MR) is 109 cm³/mol. The van der Waals surface area contributed by atoms with Gasteiger partial charge in [-0.2, -0.15) is 0 Å². The largest absolute Gasteiger partial charge is 0.363 e. The summed E-state index contributed by atoms with van der Waals surface area (Å²) in [6.07, 6.45) is 8.50. The summed E-state index contributed by atoms with van der Waals surface area (Å²) in [4.78, 5) is 16.7. The van der Waals surface area contributed by atoms with Crippen LogP contribution in [-0.4, -0.2) is 53.5 Å². The van der Waals surface area contributed by atoms with Crippen LogP contribution >= 0.6 is 12.2 Å². The third kappa shape index (κ3) is 5.30. The van der Waals surface area contributed by atoms with E-state index in [1.54, 1.807) is 6.08 Å². The highest BCUT2D eigenvalue weighted by Crippen LogP contribution is 2.40. The van der Waals surface area contributed by atoms with E-state index in [4.69, 9.17) is 12.2 Å². The van der Waals surface area contributed by atoms with Crippen molar-refractivity contribution in [3.8, 4) is 0 Å². The molecular weight excluding hydrogens is 330 g/mol. The Balaban J connectivity index is 1.89. The van der Waals surface area contributed by atoms with Crippen molar-refractivity contribution < 1.29 is 4.79 Å². The molecule has 1 N–H and O–H groups in total. The van der Waals surface area contributed by atoms with Gasteiger partial charge >= 0.3 is 0 Å². The standard InChI is InChI=1S/C20H33N3OS/c1-5-11-21-19(25)23-14-12-22(13-15-23)18(24)9-8-17-16(2)7-6-10-20(17,3)4/h8-9H,5-7,10-15H2,1-4H3,(H,21,25). The van der Waals surface area contributed by atoms with Crippen molar-refractivity contribution in [1.29, 1.82) is 0 Å². The van der Waals surface area contributed by atoms with E-state index in [9.17, 15) is 4.79 Å². The van der Waals surface area contributed by atoms with E-state index in [2.05, 4.69) is 44.0 Å². The van der Waals surface area contributed by atoms with E-state index in [1.807, 2.05) is 4.90 Å². The Hall–Kier alpha value is -1.36. The predicted octanol–water partition coefficient (Wildman–Crippen LogP) is 3.50. The second-order valence-corrected chi connectivity index (χ2v) is 8.20. The van der Waals surface area contributed by atoms with E-state index in [1.165, 1.54) is 24.0 Å². The number of carbonyl (C=O) groups excluding carboxylic acids is 1. The Kier molecular flexibility index (Phi) is 7.05. The quantitative estimate of drug-likeness (QED) is 0.612. The van der Waals surface area contributed by atoms with Crippen LogP contribution in [0.3, 0.4) is 0 Å². The van der Waals surface area contributed by atoms with E-state index in [-0.39, 0.29) is 11.3 Å². The van der Waals surface area contributed by atoms with Gasteiger partial charge in [-0.15, -0.1) is 0 Å². The smallest absolute Gasteiger partial charge is 0.246 e. The molecule has 0 unspecified atom stereocenters. The fourth-order valence-electron chi connectivity index (χ4n) is 3.74. The van der Waals surface area contributed by atoms with Crippen LogP contribution in [0, 0.1) is 5.41 Å². The minimum Gasteiger partial charge on any atom is -0.363 e. The number of piperazine rings is 1. The molecule has 25 heavy (non-hydrogen) atoms. The summed E-state index contributed by atoms with van der Waals surface area (Å²) in [5, 5.41) is 4.08. The molecule has 0 spiro atoms. The monoisotopic (exact) mass is 363 g/mol. The minimum atomic E-state index is 0.119. The van der Waals surface area contributed by atoms with E-state index >= 15 is 0 Å². The molecule has 1 saturated heterocycles. The van der Waals surface area contributed by atoms with Crippen LogP contribution in [0.2, 0.25) is 0 Å². The molecule has 4 nitrogen and oxygen atoms in total. The minimum absolute atomic E-state index is 0.119. The van der Waals surface area contributed by atoms with E-state index in [0.29, 0.717) is 0 Å². The number of thiocarbonyl (C=S) groups is 1. The van der Waals surface area contributed by atoms with Gasteiger partial charge < -0.3 is 15.1 Å². The number of hydrogen-bond acceptors (Lipinski definition) is 2. The Morgan fingerprint density at radius 3 is 2.48 bits per heavy atom. The summed E-state index contributed by atoms with van der Waals surface area (Å²) in [5.41, 5.74) is 2.95. The zero-order valence-electron chi connectivity index (χ0n) is 16.2. The lowest BCUT2D eigenvalue weighted by Crippen LogP contribution is -2.52. The van der Waals surface area contributed by atoms with Gasteiger partial charge in [-0.25, -0.2) is 0 Å². The van der Waals surface area contributed by atoms with Crippen molar-refractivity contribution in [3.05, 3.63) is 23.3 Å². The number of rotatable bonds is 4. The highest BCUT2D eigenvalue weighted by atomic mass is 32.1. The maximum Gasteiger partial charge on any atom is 0.246 e. The molecule has 1 amide bonds. The molecule has 5 heteroatoms. The molecule has 1 aliphatic carbocycles. The van der Waals surface area contributed by atoms with Gasteiger partial charge in [0.2, 0.25) is 5.91 Å². The highest BCUT2D eigenvalue weighted by Gasteiger charge is 2.27. The molecule has 1 fully saturated rings. The second kappa shape index (κ2) is 8.84. The summed E-state index contributed by atoms with van der Waals surface area (Å²) in [5.74, 6) is 0.119. The van der Waals surface area contributed by atoms with Crippen molar-refractivity contribution in [1.82, 2.24) is 15.1 Å². The molecule has 0 aromatic heterocycles. The Labute approximate surface area is 158 Å². The molecule has 2 rings (SSSR count). The van der Waals surface area contributed by atoms with Crippen LogP contribution in [0.1, 0.15) is 53.4 Å². The maximum absolute atomic E-state index is 12.6. The number of allylic oxidation sites excluding steroid dienone is 3. The van der Waals surface area contributed by atoms with Gasteiger partial charge in [0.25, 0.3) is 0 Å². The Morgan fingerprint density at radius 2 is 1.88 bits per heavy atom. The van der Waals surface area contributed by atoms with E-state index in [0.717, 1.165) is 50.7 Å². The number of nitrogens with one attached hydrogen (secondary N) is 1. The lowest BCUT2D eigenvalue weighted by Gasteiger charge is -2.36. The van der Waals surface area contributed by atoms with Crippen molar-refractivity contribution >= 4 is 23.2 Å². The normalized spacial score (nSPS) is 21.0. The van der Waals surface area contributed by atoms with Gasteiger partial charge in [0.15, 0.2) is 5.11 Å². The average molecular weight is 364 g/mol. The van der Waals surface area contributed by atoms with Gasteiger partial charge in [-0.05, 0) is 55.8 Å². The van der Waals surface area contributed by atoms with Crippen LogP contribution < -0.4 is 5.32 Å². The van der Waals surface area contributed by atoms with Gasteiger partial charge in [0.1, 0.15) is 0 Å². The molecule has 0 radical (unpaired) electrons. The number of nitrogens with zero attached hydrogens (tertiary/aromatic N) is 2. The zero-order chi connectivity index (χ0) is 18.4. The van der Waals surface area contributed by atoms with Crippen LogP contribution in [0.5, 0.6) is 0 Å². The van der Waals surface area contributed by atoms with E-state index < -0.39 is 0 Å². The fraction of sp³-hybridized carbons (Fsp3) is 0.700. The lowest BCUT2D eigenvalue weighted by atomic mass is 9.72. The fourth-order valence-corrected chi connectivity index (χ4v) is 4.03. The molecule has 0 aromatic carbocycles. The number of hydrogen-bond donors (Lipinski definition) is 1. The first-order valence-corrected chi connectivity index (χ1v) is 9.96. The molecule has 2 aliphatic rings. The maximum atomic E-state index is 12.6. The zero-order valence-corrected chi connectivity index (χ0v) is 17.0. The van der Waals surface area contributed by atoms with Gasteiger partial charge in [-0.1, -0.05) is 32.4 Å². The molecule has 1 heterocycles. The van der Waals surface area contributed by atoms with Crippen LogP contribution in [0.4, 0.5) is 0 Å². The van der Waals surface area contributed by atoms with Gasteiger partial charge in [0, 0.05) is 38.8 Å². The molecule has 140 valence electrons. The molecular formula is C20H33N3OS. The first-order chi connectivity index (χ1) is 11.8. The third-order valence-electron chi connectivity index (χ3n) is 5.34. The summed E-state index contributed by atoms with van der Waals surface area (Å²) < 4.78 is 0. The van der Waals surface area contributed by atoms with Gasteiger partial charge in [-0.3, -0.25) is 4.79 Å². The summed E-state index contributed by atoms with van der Waals surface area (Å²) in [6, 6.07) is 0. The van der Waals surface area contributed by atoms with Crippen molar-refractivity contribution in [3.63, 3.8) is 0 Å². The highest BCUT2D eigenvalue weighted by molar-refractivity contribution is 7.80. The Morgan fingerprint density at radius 1 is 1.24 bits per heavy atom. The second-order valence-electron chi connectivity index (χ2n) is 7.81.